The molecule has 1 aliphatic carbocycles. The lowest BCUT2D eigenvalue weighted by molar-refractivity contribution is 0.0863. The van der Waals surface area contributed by atoms with Gasteiger partial charge in [0.25, 0.3) is 0 Å². The Bertz CT molecular complexity index is 376. The van der Waals surface area contributed by atoms with Gasteiger partial charge in [0.15, 0.2) is 0 Å². The summed E-state index contributed by atoms with van der Waals surface area (Å²) in [5.74, 6) is 0.730. The molecule has 0 radical (unpaired) electrons. The summed E-state index contributed by atoms with van der Waals surface area (Å²) in [5.41, 5.74) is 6.39. The molecule has 2 rings (SSSR count). The monoisotopic (exact) mass is 247 g/mol. The Morgan fingerprint density at radius 3 is 2.56 bits per heavy atom. The first-order chi connectivity index (χ1) is 8.62. The highest BCUT2D eigenvalue weighted by atomic mass is 16.6. The molecule has 2 heteroatoms. The number of rotatable bonds is 4. The van der Waals surface area contributed by atoms with Crippen molar-refractivity contribution in [3.63, 3.8) is 0 Å². The van der Waals surface area contributed by atoms with Crippen LogP contribution in [-0.2, 0) is 11.4 Å². The van der Waals surface area contributed by atoms with Gasteiger partial charge in [0.2, 0.25) is 0 Å². The summed E-state index contributed by atoms with van der Waals surface area (Å²) in [7, 11) is 1.67. The molecule has 1 aromatic carbocycles. The molecule has 100 valence electrons. The minimum Gasteiger partial charge on any atom is -0.305 e. The molecule has 1 N–H and O–H groups in total. The molecule has 2 nitrogen and oxygen atoms in total. The molecule has 0 heterocycles. The molecule has 0 spiro atoms. The first-order valence-corrected chi connectivity index (χ1v) is 6.96. The van der Waals surface area contributed by atoms with Crippen LogP contribution in [0.1, 0.15) is 56.6 Å². The zero-order valence-electron chi connectivity index (χ0n) is 11.8. The SMILES string of the molecule is CONCc1ccccc1C1CCC(C)(C)CC1. The predicted molar refractivity (Wildman–Crippen MR) is 75.3 cm³/mol. The van der Waals surface area contributed by atoms with Crippen LogP contribution in [0.5, 0.6) is 0 Å². The average molecular weight is 247 g/mol. The molecule has 0 aromatic heterocycles. The van der Waals surface area contributed by atoms with Crippen molar-refractivity contribution in [2.45, 2.75) is 52.0 Å². The van der Waals surface area contributed by atoms with Crippen molar-refractivity contribution in [1.29, 1.82) is 0 Å². The number of hydrogen-bond acceptors (Lipinski definition) is 2. The quantitative estimate of drug-likeness (QED) is 0.811. The molecule has 1 saturated carbocycles. The van der Waals surface area contributed by atoms with Crippen LogP contribution >= 0.6 is 0 Å². The fraction of sp³-hybridized carbons (Fsp3) is 0.625. The van der Waals surface area contributed by atoms with Crippen LogP contribution in [-0.4, -0.2) is 7.11 Å². The minimum absolute atomic E-state index is 0.538. The molecule has 0 aliphatic heterocycles. The second-order valence-corrected chi connectivity index (χ2v) is 6.16. The van der Waals surface area contributed by atoms with Gasteiger partial charge < -0.3 is 4.84 Å². The molecule has 0 atom stereocenters. The molecular formula is C16H25NO. The number of hydrogen-bond donors (Lipinski definition) is 1. The molecule has 0 bridgehead atoms. The van der Waals surface area contributed by atoms with E-state index in [2.05, 4.69) is 43.6 Å². The van der Waals surface area contributed by atoms with Crippen molar-refractivity contribution in [3.05, 3.63) is 35.4 Å². The topological polar surface area (TPSA) is 21.3 Å². The second kappa shape index (κ2) is 5.85. The Labute approximate surface area is 111 Å². The van der Waals surface area contributed by atoms with Crippen molar-refractivity contribution in [2.75, 3.05) is 7.11 Å². The lowest BCUT2D eigenvalue weighted by atomic mass is 9.70. The normalized spacial score (nSPS) is 19.9. The van der Waals surface area contributed by atoms with E-state index in [-0.39, 0.29) is 0 Å². The fourth-order valence-electron chi connectivity index (χ4n) is 2.95. The molecule has 1 fully saturated rings. The zero-order valence-corrected chi connectivity index (χ0v) is 11.8. The van der Waals surface area contributed by atoms with Gasteiger partial charge in [-0.25, -0.2) is 0 Å². The third kappa shape index (κ3) is 3.33. The molecule has 1 aromatic rings. The third-order valence-electron chi connectivity index (χ3n) is 4.24. The van der Waals surface area contributed by atoms with Crippen molar-refractivity contribution in [1.82, 2.24) is 5.48 Å². The van der Waals surface area contributed by atoms with E-state index in [1.807, 2.05) is 0 Å². The Morgan fingerprint density at radius 1 is 1.22 bits per heavy atom. The predicted octanol–water partition coefficient (Wildman–Crippen LogP) is 4.02. The maximum Gasteiger partial charge on any atom is 0.0572 e. The Hall–Kier alpha value is -0.860. The maximum absolute atomic E-state index is 4.97. The van der Waals surface area contributed by atoms with Gasteiger partial charge in [-0.1, -0.05) is 38.1 Å². The van der Waals surface area contributed by atoms with Crippen molar-refractivity contribution >= 4 is 0 Å². The van der Waals surface area contributed by atoms with E-state index in [1.165, 1.54) is 36.8 Å². The molecule has 1 aliphatic rings. The standard InChI is InChI=1S/C16H25NO/c1-16(2)10-8-13(9-11-16)15-7-5-4-6-14(15)12-17-18-3/h4-7,13,17H,8-12H2,1-3H3. The van der Waals surface area contributed by atoms with Gasteiger partial charge in [-0.2, -0.15) is 5.48 Å². The van der Waals surface area contributed by atoms with Gasteiger partial charge in [-0.3, -0.25) is 0 Å². The van der Waals surface area contributed by atoms with E-state index in [9.17, 15) is 0 Å². The van der Waals surface area contributed by atoms with Gasteiger partial charge in [-0.15, -0.1) is 0 Å². The van der Waals surface area contributed by atoms with Crippen molar-refractivity contribution in [3.8, 4) is 0 Å². The summed E-state index contributed by atoms with van der Waals surface area (Å²) in [4.78, 5) is 4.97. The lowest BCUT2D eigenvalue weighted by Gasteiger charge is -2.35. The highest BCUT2D eigenvalue weighted by molar-refractivity contribution is 5.30. The van der Waals surface area contributed by atoms with Crippen LogP contribution < -0.4 is 5.48 Å². The van der Waals surface area contributed by atoms with E-state index < -0.39 is 0 Å². The Balaban J connectivity index is 2.08. The first kappa shape index (κ1) is 13.6. The third-order valence-corrected chi connectivity index (χ3v) is 4.24. The molecular weight excluding hydrogens is 222 g/mol. The van der Waals surface area contributed by atoms with E-state index in [0.717, 1.165) is 12.5 Å². The van der Waals surface area contributed by atoms with E-state index in [0.29, 0.717) is 5.41 Å². The van der Waals surface area contributed by atoms with E-state index in [1.54, 1.807) is 7.11 Å². The summed E-state index contributed by atoms with van der Waals surface area (Å²) in [6.07, 6.45) is 5.31. The average Bonchev–Trinajstić information content (AvgIpc) is 2.37. The number of hydroxylamine groups is 1. The van der Waals surface area contributed by atoms with Gasteiger partial charge in [0.05, 0.1) is 7.11 Å². The zero-order chi connectivity index (χ0) is 13.0. The van der Waals surface area contributed by atoms with E-state index >= 15 is 0 Å². The highest BCUT2D eigenvalue weighted by Crippen LogP contribution is 2.43. The molecule has 0 amide bonds. The summed E-state index contributed by atoms with van der Waals surface area (Å²) < 4.78 is 0. The van der Waals surface area contributed by atoms with E-state index in [4.69, 9.17) is 4.84 Å². The van der Waals surface area contributed by atoms with Crippen molar-refractivity contribution in [2.24, 2.45) is 5.41 Å². The van der Waals surface area contributed by atoms with Crippen LogP contribution in [0.15, 0.2) is 24.3 Å². The number of benzene rings is 1. The Kier molecular flexibility index (Phi) is 4.41. The summed E-state index contributed by atoms with van der Waals surface area (Å²) >= 11 is 0. The lowest BCUT2D eigenvalue weighted by Crippen LogP contribution is -2.21. The van der Waals surface area contributed by atoms with Crippen LogP contribution in [0.25, 0.3) is 0 Å². The Morgan fingerprint density at radius 2 is 1.89 bits per heavy atom. The minimum atomic E-state index is 0.538. The summed E-state index contributed by atoms with van der Waals surface area (Å²) in [5, 5.41) is 0. The van der Waals surface area contributed by atoms with Gasteiger partial charge in [-0.05, 0) is 48.1 Å². The fourth-order valence-corrected chi connectivity index (χ4v) is 2.95. The molecule has 0 saturated heterocycles. The highest BCUT2D eigenvalue weighted by Gasteiger charge is 2.28. The smallest absolute Gasteiger partial charge is 0.0572 e. The van der Waals surface area contributed by atoms with Crippen LogP contribution in [0.2, 0.25) is 0 Å². The maximum atomic E-state index is 4.97. The van der Waals surface area contributed by atoms with Crippen molar-refractivity contribution < 1.29 is 4.84 Å². The first-order valence-electron chi connectivity index (χ1n) is 6.96. The van der Waals surface area contributed by atoms with Crippen LogP contribution in [0.4, 0.5) is 0 Å². The molecule has 0 unspecified atom stereocenters. The summed E-state index contributed by atoms with van der Waals surface area (Å²) in [6.45, 7) is 5.58. The van der Waals surface area contributed by atoms with Crippen LogP contribution in [0, 0.1) is 5.41 Å². The largest absolute Gasteiger partial charge is 0.305 e. The molecule has 18 heavy (non-hydrogen) atoms. The van der Waals surface area contributed by atoms with Gasteiger partial charge in [0.1, 0.15) is 0 Å². The van der Waals surface area contributed by atoms with Gasteiger partial charge in [0, 0.05) is 6.54 Å². The van der Waals surface area contributed by atoms with Crippen LogP contribution in [0.3, 0.4) is 0 Å². The van der Waals surface area contributed by atoms with Gasteiger partial charge >= 0.3 is 0 Å². The second-order valence-electron chi connectivity index (χ2n) is 6.16. The number of nitrogens with one attached hydrogen (secondary N) is 1. The summed E-state index contributed by atoms with van der Waals surface area (Å²) in [6, 6.07) is 8.77.